The average molecular weight is 394 g/mol. The van der Waals surface area contributed by atoms with E-state index in [0.717, 1.165) is 28.2 Å². The van der Waals surface area contributed by atoms with Gasteiger partial charge in [0.15, 0.2) is 0 Å². The number of nitrogens with one attached hydrogen (secondary N) is 1. The van der Waals surface area contributed by atoms with Gasteiger partial charge in [0.2, 0.25) is 0 Å². The Hall–Kier alpha value is -3.99. The Morgan fingerprint density at radius 3 is 1.73 bits per heavy atom. The number of benzene rings is 2. The van der Waals surface area contributed by atoms with Crippen LogP contribution in [0.2, 0.25) is 0 Å². The standard InChI is InChI=1S/C25H22N4O/c30-25(28-22-14-12-21(13-15-22)20-8-2-1-3-9-20)29(18-23-10-4-6-16-26-23)19-24-11-5-7-17-27-24/h1-17H,18-19H2,(H,28,30). The maximum absolute atomic E-state index is 13.0. The van der Waals surface area contributed by atoms with Crippen molar-refractivity contribution < 1.29 is 4.79 Å². The highest BCUT2D eigenvalue weighted by molar-refractivity contribution is 5.89. The number of hydrogen-bond acceptors (Lipinski definition) is 3. The zero-order valence-corrected chi connectivity index (χ0v) is 16.5. The molecule has 2 heterocycles. The molecule has 30 heavy (non-hydrogen) atoms. The highest BCUT2D eigenvalue weighted by Crippen LogP contribution is 2.21. The smallest absolute Gasteiger partial charge is 0.313 e. The molecule has 0 unspecified atom stereocenters. The van der Waals surface area contributed by atoms with Crippen LogP contribution in [0.25, 0.3) is 11.1 Å². The van der Waals surface area contributed by atoms with E-state index in [9.17, 15) is 4.79 Å². The molecule has 0 spiro atoms. The first-order chi connectivity index (χ1) is 14.8. The minimum atomic E-state index is -0.196. The zero-order chi connectivity index (χ0) is 20.6. The van der Waals surface area contributed by atoms with Gasteiger partial charge in [-0.3, -0.25) is 9.97 Å². The van der Waals surface area contributed by atoms with Gasteiger partial charge in [0, 0.05) is 18.1 Å². The average Bonchev–Trinajstić information content (AvgIpc) is 2.81. The summed E-state index contributed by atoms with van der Waals surface area (Å²) >= 11 is 0. The lowest BCUT2D eigenvalue weighted by Gasteiger charge is -2.22. The monoisotopic (exact) mass is 394 g/mol. The van der Waals surface area contributed by atoms with Gasteiger partial charge in [0.25, 0.3) is 0 Å². The van der Waals surface area contributed by atoms with Gasteiger partial charge in [-0.15, -0.1) is 0 Å². The number of aromatic nitrogens is 2. The number of amides is 2. The van der Waals surface area contributed by atoms with Gasteiger partial charge >= 0.3 is 6.03 Å². The molecule has 0 radical (unpaired) electrons. The summed E-state index contributed by atoms with van der Waals surface area (Å²) in [6.45, 7) is 0.788. The quantitative estimate of drug-likeness (QED) is 0.478. The number of carbonyl (C=O) groups is 1. The van der Waals surface area contributed by atoms with E-state index in [0.29, 0.717) is 13.1 Å². The molecule has 0 bridgehead atoms. The second-order valence-corrected chi connectivity index (χ2v) is 6.87. The number of pyridine rings is 2. The topological polar surface area (TPSA) is 58.1 Å². The molecule has 1 N–H and O–H groups in total. The van der Waals surface area contributed by atoms with Crippen molar-refractivity contribution in [2.45, 2.75) is 13.1 Å². The van der Waals surface area contributed by atoms with Crippen LogP contribution >= 0.6 is 0 Å². The third-order valence-electron chi connectivity index (χ3n) is 4.69. The highest BCUT2D eigenvalue weighted by Gasteiger charge is 2.16. The summed E-state index contributed by atoms with van der Waals surface area (Å²) < 4.78 is 0. The van der Waals surface area contributed by atoms with E-state index in [1.54, 1.807) is 17.3 Å². The Balaban J connectivity index is 1.49. The van der Waals surface area contributed by atoms with Crippen molar-refractivity contribution in [2.75, 3.05) is 5.32 Å². The summed E-state index contributed by atoms with van der Waals surface area (Å²) in [5, 5.41) is 2.99. The second kappa shape index (κ2) is 9.47. The molecule has 0 aliphatic rings. The molecule has 0 aliphatic carbocycles. The molecular formula is C25H22N4O. The summed E-state index contributed by atoms with van der Waals surface area (Å²) in [5.74, 6) is 0. The molecular weight excluding hydrogens is 372 g/mol. The minimum Gasteiger partial charge on any atom is -0.313 e. The SMILES string of the molecule is O=C(Nc1ccc(-c2ccccc2)cc1)N(Cc1ccccn1)Cc1ccccn1. The first-order valence-corrected chi connectivity index (χ1v) is 9.79. The number of hydrogen-bond donors (Lipinski definition) is 1. The number of nitrogens with zero attached hydrogens (tertiary/aromatic N) is 3. The van der Waals surface area contributed by atoms with Gasteiger partial charge in [-0.05, 0) is 47.5 Å². The van der Waals surface area contributed by atoms with Crippen LogP contribution in [0, 0.1) is 0 Å². The van der Waals surface area contributed by atoms with E-state index >= 15 is 0 Å². The van der Waals surface area contributed by atoms with E-state index in [-0.39, 0.29) is 6.03 Å². The minimum absolute atomic E-state index is 0.196. The Bertz CT molecular complexity index is 1030. The van der Waals surface area contributed by atoms with Gasteiger partial charge in [0.05, 0.1) is 24.5 Å². The Labute approximate surface area is 176 Å². The zero-order valence-electron chi connectivity index (χ0n) is 16.5. The highest BCUT2D eigenvalue weighted by atomic mass is 16.2. The van der Waals surface area contributed by atoms with E-state index in [2.05, 4.69) is 27.4 Å². The van der Waals surface area contributed by atoms with Crippen LogP contribution < -0.4 is 5.32 Å². The van der Waals surface area contributed by atoms with Gasteiger partial charge in [0.1, 0.15) is 0 Å². The van der Waals surface area contributed by atoms with Crippen LogP contribution in [0.1, 0.15) is 11.4 Å². The molecule has 5 nitrogen and oxygen atoms in total. The van der Waals surface area contributed by atoms with Crippen molar-refractivity contribution in [2.24, 2.45) is 0 Å². The molecule has 0 fully saturated rings. The number of carbonyl (C=O) groups excluding carboxylic acids is 1. The Morgan fingerprint density at radius 1 is 0.667 bits per heavy atom. The predicted octanol–water partition coefficient (Wildman–Crippen LogP) is 5.38. The van der Waals surface area contributed by atoms with Crippen molar-refractivity contribution >= 4 is 11.7 Å². The lowest BCUT2D eigenvalue weighted by molar-refractivity contribution is 0.205. The fourth-order valence-electron chi connectivity index (χ4n) is 3.15. The summed E-state index contributed by atoms with van der Waals surface area (Å²) in [6.07, 6.45) is 3.46. The van der Waals surface area contributed by atoms with Crippen molar-refractivity contribution in [3.05, 3.63) is 115 Å². The molecule has 2 amide bonds. The molecule has 0 atom stereocenters. The fraction of sp³-hybridized carbons (Fsp3) is 0.0800. The van der Waals surface area contributed by atoms with E-state index < -0.39 is 0 Å². The van der Waals surface area contributed by atoms with Gasteiger partial charge in [-0.2, -0.15) is 0 Å². The Kier molecular flexibility index (Phi) is 6.11. The molecule has 2 aromatic heterocycles. The first kappa shape index (κ1) is 19.3. The maximum atomic E-state index is 13.0. The Morgan fingerprint density at radius 2 is 1.20 bits per heavy atom. The maximum Gasteiger partial charge on any atom is 0.322 e. The fourth-order valence-corrected chi connectivity index (χ4v) is 3.15. The van der Waals surface area contributed by atoms with Gasteiger partial charge < -0.3 is 10.2 Å². The summed E-state index contributed by atoms with van der Waals surface area (Å²) in [7, 11) is 0. The van der Waals surface area contributed by atoms with Crippen LogP contribution in [0.4, 0.5) is 10.5 Å². The van der Waals surface area contributed by atoms with E-state index in [1.807, 2.05) is 78.9 Å². The predicted molar refractivity (Wildman–Crippen MR) is 119 cm³/mol. The molecule has 0 aliphatic heterocycles. The van der Waals surface area contributed by atoms with Crippen LogP contribution in [-0.2, 0) is 13.1 Å². The molecule has 5 heteroatoms. The second-order valence-electron chi connectivity index (χ2n) is 6.87. The third kappa shape index (κ3) is 5.08. The van der Waals surface area contributed by atoms with E-state index in [1.165, 1.54) is 0 Å². The molecule has 4 aromatic rings. The third-order valence-corrected chi connectivity index (χ3v) is 4.69. The number of anilines is 1. The van der Waals surface area contributed by atoms with Gasteiger partial charge in [-0.1, -0.05) is 54.6 Å². The molecule has 0 saturated heterocycles. The van der Waals surface area contributed by atoms with Crippen LogP contribution in [-0.4, -0.2) is 20.9 Å². The molecule has 148 valence electrons. The van der Waals surface area contributed by atoms with Crippen molar-refractivity contribution in [3.63, 3.8) is 0 Å². The largest absolute Gasteiger partial charge is 0.322 e. The van der Waals surface area contributed by atoms with Crippen LogP contribution in [0.3, 0.4) is 0 Å². The first-order valence-electron chi connectivity index (χ1n) is 9.79. The lowest BCUT2D eigenvalue weighted by atomic mass is 10.1. The summed E-state index contributed by atoms with van der Waals surface area (Å²) in [5.41, 5.74) is 4.63. The number of urea groups is 1. The number of rotatable bonds is 6. The van der Waals surface area contributed by atoms with Crippen molar-refractivity contribution in [1.82, 2.24) is 14.9 Å². The molecule has 4 rings (SSSR count). The summed E-state index contributed by atoms with van der Waals surface area (Å²) in [6, 6.07) is 29.2. The van der Waals surface area contributed by atoms with Crippen molar-refractivity contribution in [1.29, 1.82) is 0 Å². The lowest BCUT2D eigenvalue weighted by Crippen LogP contribution is -2.34. The summed E-state index contributed by atoms with van der Waals surface area (Å²) in [4.78, 5) is 23.4. The van der Waals surface area contributed by atoms with Crippen LogP contribution in [0.15, 0.2) is 103 Å². The van der Waals surface area contributed by atoms with Gasteiger partial charge in [-0.25, -0.2) is 4.79 Å². The molecule has 0 saturated carbocycles. The van der Waals surface area contributed by atoms with Crippen LogP contribution in [0.5, 0.6) is 0 Å². The molecule has 2 aromatic carbocycles. The van der Waals surface area contributed by atoms with E-state index in [4.69, 9.17) is 0 Å². The van der Waals surface area contributed by atoms with Crippen molar-refractivity contribution in [3.8, 4) is 11.1 Å². The normalized spacial score (nSPS) is 10.4.